The van der Waals surface area contributed by atoms with Crippen molar-refractivity contribution in [3.63, 3.8) is 0 Å². The molecule has 7 heteroatoms. The Kier molecular flexibility index (Phi) is 4.78. The first-order valence-corrected chi connectivity index (χ1v) is 10.1. The Morgan fingerprint density at radius 3 is 2.64 bits per heavy atom. The van der Waals surface area contributed by atoms with Gasteiger partial charge in [0.15, 0.2) is 5.11 Å². The number of hydrogen-bond acceptors (Lipinski definition) is 3. The van der Waals surface area contributed by atoms with E-state index in [1.165, 1.54) is 4.88 Å². The maximum atomic E-state index is 6.05. The second-order valence-corrected chi connectivity index (χ2v) is 8.32. The van der Waals surface area contributed by atoms with Crippen LogP contribution in [0, 0.1) is 0 Å². The second kappa shape index (κ2) is 7.03. The number of halogens is 2. The molecule has 0 bridgehead atoms. The Labute approximate surface area is 168 Å². The Hall–Kier alpha value is -1.47. The van der Waals surface area contributed by atoms with Crippen LogP contribution in [0.4, 0.5) is 5.69 Å². The minimum atomic E-state index is -0.0186. The van der Waals surface area contributed by atoms with Crippen molar-refractivity contribution in [1.29, 1.82) is 0 Å². The molecule has 1 aliphatic heterocycles. The number of aromatic nitrogens is 1. The van der Waals surface area contributed by atoms with Crippen molar-refractivity contribution in [2.75, 3.05) is 4.90 Å². The monoisotopic (exact) mass is 449 g/mol. The van der Waals surface area contributed by atoms with Gasteiger partial charge in [0.1, 0.15) is 0 Å². The van der Waals surface area contributed by atoms with Gasteiger partial charge in [-0.2, -0.15) is 0 Å². The van der Waals surface area contributed by atoms with Gasteiger partial charge in [-0.1, -0.05) is 17.7 Å². The largest absolute Gasteiger partial charge is 0.351 e. The molecule has 0 spiro atoms. The minimum absolute atomic E-state index is 0.0186. The highest BCUT2D eigenvalue weighted by Crippen LogP contribution is 2.44. The van der Waals surface area contributed by atoms with Crippen LogP contribution in [0.5, 0.6) is 0 Å². The molecule has 2 aromatic heterocycles. The van der Waals surface area contributed by atoms with Crippen LogP contribution in [0.3, 0.4) is 0 Å². The summed E-state index contributed by atoms with van der Waals surface area (Å²) in [7, 11) is 0. The van der Waals surface area contributed by atoms with Gasteiger partial charge in [0.25, 0.3) is 0 Å². The summed E-state index contributed by atoms with van der Waals surface area (Å²) in [4.78, 5) is 7.90. The fraction of sp³-hybridized carbons (Fsp3) is 0.111. The van der Waals surface area contributed by atoms with Gasteiger partial charge in [0.05, 0.1) is 17.8 Å². The molecule has 126 valence electrons. The molecular weight excluding hydrogens is 438 g/mol. The lowest BCUT2D eigenvalue weighted by atomic mass is 10.0. The van der Waals surface area contributed by atoms with Gasteiger partial charge < -0.3 is 10.2 Å². The predicted octanol–water partition coefficient (Wildman–Crippen LogP) is 5.74. The van der Waals surface area contributed by atoms with E-state index in [0.717, 1.165) is 15.9 Å². The lowest BCUT2D eigenvalue weighted by molar-refractivity contribution is 0.575. The van der Waals surface area contributed by atoms with Gasteiger partial charge in [-0.05, 0) is 70.6 Å². The van der Waals surface area contributed by atoms with Gasteiger partial charge in [0, 0.05) is 31.6 Å². The van der Waals surface area contributed by atoms with E-state index in [1.54, 1.807) is 11.3 Å². The zero-order chi connectivity index (χ0) is 17.4. The van der Waals surface area contributed by atoms with Crippen LogP contribution in [0.2, 0.25) is 5.02 Å². The van der Waals surface area contributed by atoms with E-state index < -0.39 is 0 Å². The minimum Gasteiger partial charge on any atom is -0.351 e. The van der Waals surface area contributed by atoms with Gasteiger partial charge in [-0.3, -0.25) is 4.98 Å². The highest BCUT2D eigenvalue weighted by molar-refractivity contribution is 9.10. The van der Waals surface area contributed by atoms with Gasteiger partial charge >= 0.3 is 0 Å². The molecule has 0 aliphatic carbocycles. The maximum Gasteiger partial charge on any atom is 0.174 e. The average Bonchev–Trinajstić information content (AvgIpc) is 3.20. The number of nitrogens with one attached hydrogen (secondary N) is 1. The number of anilines is 1. The van der Waals surface area contributed by atoms with E-state index in [4.69, 9.17) is 23.8 Å². The van der Waals surface area contributed by atoms with Gasteiger partial charge in [-0.15, -0.1) is 11.3 Å². The molecule has 25 heavy (non-hydrogen) atoms. The van der Waals surface area contributed by atoms with E-state index >= 15 is 0 Å². The van der Waals surface area contributed by atoms with Crippen molar-refractivity contribution in [2.24, 2.45) is 0 Å². The number of benzene rings is 1. The van der Waals surface area contributed by atoms with E-state index in [-0.39, 0.29) is 12.1 Å². The van der Waals surface area contributed by atoms with Crippen molar-refractivity contribution in [3.05, 3.63) is 80.2 Å². The number of rotatable bonds is 3. The van der Waals surface area contributed by atoms with Crippen molar-refractivity contribution in [2.45, 2.75) is 12.1 Å². The summed E-state index contributed by atoms with van der Waals surface area (Å²) < 4.78 is 1.07. The molecule has 2 atom stereocenters. The van der Waals surface area contributed by atoms with Gasteiger partial charge in [-0.25, -0.2) is 0 Å². The lowest BCUT2D eigenvalue weighted by Gasteiger charge is -2.26. The molecule has 1 saturated heterocycles. The average molecular weight is 451 g/mol. The number of thiophene rings is 1. The SMILES string of the molecule is S=C1NC(c2ccccn2)C(c2cc(Br)cs2)N1c1ccc(Cl)cc1. The van der Waals surface area contributed by atoms with Crippen molar-refractivity contribution in [1.82, 2.24) is 10.3 Å². The predicted molar refractivity (Wildman–Crippen MR) is 111 cm³/mol. The Balaban J connectivity index is 1.81. The third kappa shape index (κ3) is 3.31. The molecule has 0 amide bonds. The van der Waals surface area contributed by atoms with E-state index in [0.29, 0.717) is 10.1 Å². The first kappa shape index (κ1) is 17.0. The molecule has 1 fully saturated rings. The van der Waals surface area contributed by atoms with Crippen molar-refractivity contribution < 1.29 is 0 Å². The van der Waals surface area contributed by atoms with E-state index in [1.807, 2.05) is 48.7 Å². The Morgan fingerprint density at radius 1 is 1.20 bits per heavy atom. The van der Waals surface area contributed by atoms with E-state index in [9.17, 15) is 0 Å². The zero-order valence-electron chi connectivity index (χ0n) is 12.9. The quantitative estimate of drug-likeness (QED) is 0.515. The molecule has 1 aromatic carbocycles. The molecule has 1 N–H and O–H groups in total. The topological polar surface area (TPSA) is 28.2 Å². The number of pyridine rings is 1. The van der Waals surface area contributed by atoms with Crippen LogP contribution in [-0.2, 0) is 0 Å². The third-order valence-corrected chi connectivity index (χ3v) is 6.41. The molecule has 3 nitrogen and oxygen atoms in total. The normalized spacial score (nSPS) is 19.9. The molecule has 2 unspecified atom stereocenters. The molecule has 1 aliphatic rings. The first-order valence-electron chi connectivity index (χ1n) is 7.63. The van der Waals surface area contributed by atoms with Crippen molar-refractivity contribution in [3.8, 4) is 0 Å². The summed E-state index contributed by atoms with van der Waals surface area (Å²) in [6, 6.07) is 15.9. The number of nitrogens with zero attached hydrogens (tertiary/aromatic N) is 2. The maximum absolute atomic E-state index is 6.05. The molecule has 0 saturated carbocycles. The Morgan fingerprint density at radius 2 is 2.00 bits per heavy atom. The fourth-order valence-electron chi connectivity index (χ4n) is 3.01. The van der Waals surface area contributed by atoms with Crippen LogP contribution < -0.4 is 10.2 Å². The third-order valence-electron chi connectivity index (χ3n) is 4.08. The van der Waals surface area contributed by atoms with Crippen LogP contribution in [0.25, 0.3) is 0 Å². The second-order valence-electron chi connectivity index (χ2n) is 5.64. The smallest absolute Gasteiger partial charge is 0.174 e. The molecule has 3 heterocycles. The summed E-state index contributed by atoms with van der Waals surface area (Å²) in [6.45, 7) is 0. The van der Waals surface area contributed by atoms with Crippen LogP contribution >= 0.6 is 51.1 Å². The highest BCUT2D eigenvalue weighted by Gasteiger charge is 2.41. The molecule has 4 rings (SSSR count). The zero-order valence-corrected chi connectivity index (χ0v) is 16.9. The fourth-order valence-corrected chi connectivity index (χ4v) is 5.05. The summed E-state index contributed by atoms with van der Waals surface area (Å²) in [5.41, 5.74) is 1.98. The summed E-state index contributed by atoms with van der Waals surface area (Å²) in [5.74, 6) is 0. The molecule has 0 radical (unpaired) electrons. The molecule has 3 aromatic rings. The van der Waals surface area contributed by atoms with Crippen LogP contribution in [-0.4, -0.2) is 10.1 Å². The van der Waals surface area contributed by atoms with Crippen LogP contribution in [0.15, 0.2) is 64.6 Å². The summed E-state index contributed by atoms with van der Waals surface area (Å²) in [5, 5.41) is 6.93. The summed E-state index contributed by atoms with van der Waals surface area (Å²) >= 11 is 17.0. The Bertz CT molecular complexity index is 898. The number of hydrogen-bond donors (Lipinski definition) is 1. The summed E-state index contributed by atoms with van der Waals surface area (Å²) in [6.07, 6.45) is 1.81. The molecular formula is C18H13BrClN3S2. The van der Waals surface area contributed by atoms with Crippen LogP contribution in [0.1, 0.15) is 22.7 Å². The number of thiocarbonyl (C=S) groups is 1. The highest BCUT2D eigenvalue weighted by atomic mass is 79.9. The first-order chi connectivity index (χ1) is 12.1. The lowest BCUT2D eigenvalue weighted by Crippen LogP contribution is -2.28. The van der Waals surface area contributed by atoms with E-state index in [2.05, 4.69) is 42.6 Å². The van der Waals surface area contributed by atoms with Gasteiger partial charge in [0.2, 0.25) is 0 Å². The standard InChI is InChI=1S/C18H13BrClN3S2/c19-11-9-15(25-10-11)17-16(14-3-1-2-8-21-14)22-18(24)23(17)13-6-4-12(20)5-7-13/h1-10,16-17H,(H,22,24). The van der Waals surface area contributed by atoms with Crippen molar-refractivity contribution >= 4 is 61.9 Å².